The summed E-state index contributed by atoms with van der Waals surface area (Å²) in [7, 11) is 2.16. The third-order valence-corrected chi connectivity index (χ3v) is 4.51. The molecule has 1 aliphatic carbocycles. The molecule has 0 unspecified atom stereocenters. The number of aromatic nitrogens is 1. The lowest BCUT2D eigenvalue weighted by Crippen LogP contribution is -2.32. The van der Waals surface area contributed by atoms with Gasteiger partial charge < -0.3 is 15.1 Å². The summed E-state index contributed by atoms with van der Waals surface area (Å²) < 4.78 is 0. The average Bonchev–Trinajstić information content (AvgIpc) is 3.16. The second-order valence-corrected chi connectivity index (χ2v) is 6.60. The Hall–Kier alpha value is -1.13. The zero-order chi connectivity index (χ0) is 14.7. The zero-order valence-corrected chi connectivity index (χ0v) is 13.4. The molecule has 0 radical (unpaired) electrons. The summed E-state index contributed by atoms with van der Waals surface area (Å²) in [6.45, 7) is 7.82. The Morgan fingerprint density at radius 2 is 2.05 bits per heavy atom. The number of aryl methyl sites for hydroxylation is 1. The topological polar surface area (TPSA) is 31.4 Å². The first-order chi connectivity index (χ1) is 10.2. The van der Waals surface area contributed by atoms with Crippen LogP contribution in [-0.2, 0) is 6.54 Å². The van der Waals surface area contributed by atoms with E-state index >= 15 is 0 Å². The molecule has 4 nitrogen and oxygen atoms in total. The van der Waals surface area contributed by atoms with Crippen LogP contribution in [0, 0.1) is 6.92 Å². The maximum Gasteiger partial charge on any atom is 0.128 e. The molecule has 1 aliphatic heterocycles. The Kier molecular flexibility index (Phi) is 4.76. The molecule has 2 fully saturated rings. The summed E-state index contributed by atoms with van der Waals surface area (Å²) in [6, 6.07) is 5.20. The first-order valence-corrected chi connectivity index (χ1v) is 8.35. The van der Waals surface area contributed by atoms with E-state index in [0.717, 1.165) is 37.2 Å². The minimum absolute atomic E-state index is 0.759. The van der Waals surface area contributed by atoms with Crippen LogP contribution >= 0.6 is 0 Å². The molecule has 0 spiro atoms. The summed E-state index contributed by atoms with van der Waals surface area (Å²) in [4.78, 5) is 9.56. The van der Waals surface area contributed by atoms with Gasteiger partial charge in [-0.2, -0.15) is 0 Å². The van der Waals surface area contributed by atoms with Crippen molar-refractivity contribution in [1.29, 1.82) is 0 Å². The van der Waals surface area contributed by atoms with Crippen LogP contribution in [0.15, 0.2) is 12.1 Å². The molecule has 1 aromatic rings. The van der Waals surface area contributed by atoms with Crippen molar-refractivity contribution in [3.8, 4) is 0 Å². The molecule has 4 heteroatoms. The molecule has 0 amide bonds. The molecule has 2 heterocycles. The third kappa shape index (κ3) is 4.42. The molecular formula is C17H28N4. The summed E-state index contributed by atoms with van der Waals surface area (Å²) in [5, 5.41) is 3.59. The molecule has 0 atom stereocenters. The predicted octanol–water partition coefficient (Wildman–Crippen LogP) is 2.17. The highest BCUT2D eigenvalue weighted by molar-refractivity contribution is 5.42. The lowest BCUT2D eigenvalue weighted by molar-refractivity contribution is 0.346. The van der Waals surface area contributed by atoms with E-state index in [0.29, 0.717) is 0 Å². The molecule has 3 rings (SSSR count). The van der Waals surface area contributed by atoms with E-state index < -0.39 is 0 Å². The molecule has 116 valence electrons. The molecule has 1 N–H and O–H groups in total. The highest BCUT2D eigenvalue weighted by Crippen LogP contribution is 2.20. The Morgan fingerprint density at radius 1 is 1.29 bits per heavy atom. The molecule has 1 saturated carbocycles. The molecule has 21 heavy (non-hydrogen) atoms. The van der Waals surface area contributed by atoms with E-state index in [1.165, 1.54) is 44.3 Å². The van der Waals surface area contributed by atoms with Crippen molar-refractivity contribution in [2.45, 2.75) is 45.2 Å². The number of nitrogens with one attached hydrogen (secondary N) is 1. The van der Waals surface area contributed by atoms with Gasteiger partial charge in [-0.25, -0.2) is 4.98 Å². The lowest BCUT2D eigenvalue weighted by atomic mass is 10.2. The monoisotopic (exact) mass is 288 g/mol. The number of likely N-dealkylation sites (tertiary alicyclic amines) is 1. The van der Waals surface area contributed by atoms with Crippen molar-refractivity contribution < 1.29 is 0 Å². The second kappa shape index (κ2) is 6.75. The summed E-state index contributed by atoms with van der Waals surface area (Å²) >= 11 is 0. The minimum atomic E-state index is 0.759. The van der Waals surface area contributed by atoms with Gasteiger partial charge in [-0.3, -0.25) is 0 Å². The fraction of sp³-hybridized carbons (Fsp3) is 0.706. The molecule has 0 bridgehead atoms. The van der Waals surface area contributed by atoms with Crippen molar-refractivity contribution in [1.82, 2.24) is 15.2 Å². The first-order valence-electron chi connectivity index (χ1n) is 8.35. The van der Waals surface area contributed by atoms with Gasteiger partial charge in [0.05, 0.1) is 0 Å². The zero-order valence-electron chi connectivity index (χ0n) is 13.4. The fourth-order valence-electron chi connectivity index (χ4n) is 2.98. The van der Waals surface area contributed by atoms with Crippen LogP contribution in [0.5, 0.6) is 0 Å². The molecule has 1 saturated heterocycles. The molecule has 2 aliphatic rings. The van der Waals surface area contributed by atoms with E-state index in [1.807, 2.05) is 0 Å². The van der Waals surface area contributed by atoms with Crippen LogP contribution in [0.25, 0.3) is 0 Å². The number of pyridine rings is 1. The van der Waals surface area contributed by atoms with E-state index in [4.69, 9.17) is 4.98 Å². The van der Waals surface area contributed by atoms with Crippen LogP contribution in [0.1, 0.15) is 36.9 Å². The maximum absolute atomic E-state index is 4.70. The lowest BCUT2D eigenvalue weighted by Gasteiger charge is -2.23. The Morgan fingerprint density at radius 3 is 2.76 bits per heavy atom. The second-order valence-electron chi connectivity index (χ2n) is 6.60. The van der Waals surface area contributed by atoms with Gasteiger partial charge in [-0.05, 0) is 63.4 Å². The van der Waals surface area contributed by atoms with Crippen LogP contribution in [0.4, 0.5) is 5.82 Å². The van der Waals surface area contributed by atoms with Crippen molar-refractivity contribution in [3.63, 3.8) is 0 Å². The van der Waals surface area contributed by atoms with Gasteiger partial charge >= 0.3 is 0 Å². The number of nitrogens with zero attached hydrogens (tertiary/aromatic N) is 3. The number of hydrogen-bond donors (Lipinski definition) is 1. The normalized spacial score (nSPS) is 19.1. The van der Waals surface area contributed by atoms with Crippen LogP contribution in [-0.4, -0.2) is 49.2 Å². The van der Waals surface area contributed by atoms with E-state index in [-0.39, 0.29) is 0 Å². The van der Waals surface area contributed by atoms with Crippen molar-refractivity contribution in [3.05, 3.63) is 23.4 Å². The third-order valence-electron chi connectivity index (χ3n) is 4.51. The van der Waals surface area contributed by atoms with Crippen molar-refractivity contribution in [2.24, 2.45) is 0 Å². The smallest absolute Gasteiger partial charge is 0.128 e. The Labute approximate surface area is 128 Å². The summed E-state index contributed by atoms with van der Waals surface area (Å²) in [5.41, 5.74) is 2.48. The number of hydrogen-bond acceptors (Lipinski definition) is 4. The molecular weight excluding hydrogens is 260 g/mol. The Balaban J connectivity index is 1.56. The summed E-state index contributed by atoms with van der Waals surface area (Å²) in [5.74, 6) is 1.11. The molecule has 0 aromatic carbocycles. The number of rotatable bonds is 7. The SMILES string of the molecule is Cc1cc(CNC2CC2)cc(N(C)CCN2CCCC2)n1. The van der Waals surface area contributed by atoms with Gasteiger partial charge in [-0.1, -0.05) is 0 Å². The van der Waals surface area contributed by atoms with Crippen molar-refractivity contribution >= 4 is 5.82 Å². The first kappa shape index (κ1) is 14.8. The Bertz CT molecular complexity index is 464. The van der Waals surface area contributed by atoms with Crippen LogP contribution in [0.3, 0.4) is 0 Å². The van der Waals surface area contributed by atoms with E-state index in [1.54, 1.807) is 0 Å². The quantitative estimate of drug-likeness (QED) is 0.833. The highest BCUT2D eigenvalue weighted by atomic mass is 15.2. The van der Waals surface area contributed by atoms with Gasteiger partial charge in [0.1, 0.15) is 5.82 Å². The van der Waals surface area contributed by atoms with E-state index in [2.05, 4.69) is 41.2 Å². The highest BCUT2D eigenvalue weighted by Gasteiger charge is 2.20. The average molecular weight is 288 g/mol. The standard InChI is InChI=1S/C17H28N4/c1-14-11-15(13-18-16-5-6-16)12-17(19-14)20(2)9-10-21-7-3-4-8-21/h11-12,16,18H,3-10,13H2,1-2H3. The molecule has 1 aromatic heterocycles. The maximum atomic E-state index is 4.70. The largest absolute Gasteiger partial charge is 0.358 e. The number of likely N-dealkylation sites (N-methyl/N-ethyl adjacent to an activating group) is 1. The van der Waals surface area contributed by atoms with Gasteiger partial charge in [0.25, 0.3) is 0 Å². The van der Waals surface area contributed by atoms with Gasteiger partial charge in [-0.15, -0.1) is 0 Å². The van der Waals surface area contributed by atoms with Gasteiger partial charge in [0.15, 0.2) is 0 Å². The van der Waals surface area contributed by atoms with Crippen LogP contribution < -0.4 is 10.2 Å². The fourth-order valence-corrected chi connectivity index (χ4v) is 2.98. The minimum Gasteiger partial charge on any atom is -0.358 e. The van der Waals surface area contributed by atoms with E-state index in [9.17, 15) is 0 Å². The summed E-state index contributed by atoms with van der Waals surface area (Å²) in [6.07, 6.45) is 5.41. The van der Waals surface area contributed by atoms with Gasteiger partial charge in [0.2, 0.25) is 0 Å². The van der Waals surface area contributed by atoms with Crippen LogP contribution in [0.2, 0.25) is 0 Å². The van der Waals surface area contributed by atoms with Gasteiger partial charge in [0, 0.05) is 38.4 Å². The van der Waals surface area contributed by atoms with Crippen molar-refractivity contribution in [2.75, 3.05) is 38.1 Å². The number of anilines is 1. The predicted molar refractivity (Wildman–Crippen MR) is 87.8 cm³/mol.